The number of aliphatic hydroxyl groups is 1. The molecular weight excluding hydrogens is 634 g/mol. The number of methoxy groups -OCH3 is 2. The second kappa shape index (κ2) is 17.6. The van der Waals surface area contributed by atoms with E-state index in [1.807, 2.05) is 6.92 Å². The van der Waals surface area contributed by atoms with Crippen LogP contribution in [-0.4, -0.2) is 84.1 Å². The van der Waals surface area contributed by atoms with Gasteiger partial charge >= 0.3 is 6.09 Å². The van der Waals surface area contributed by atoms with Crippen LogP contribution in [0.2, 0.25) is 0 Å². The van der Waals surface area contributed by atoms with Crippen molar-refractivity contribution < 1.29 is 48.7 Å². The van der Waals surface area contributed by atoms with E-state index in [0.717, 1.165) is 6.08 Å². The molecule has 0 saturated carbocycles. The van der Waals surface area contributed by atoms with Gasteiger partial charge in [-0.1, -0.05) is 44.2 Å². The minimum atomic E-state index is -1.02. The van der Waals surface area contributed by atoms with Gasteiger partial charge in [-0.3, -0.25) is 14.4 Å². The van der Waals surface area contributed by atoms with Crippen LogP contribution in [0.5, 0.6) is 11.5 Å². The van der Waals surface area contributed by atoms with Gasteiger partial charge in [-0.15, -0.1) is 0 Å². The second-order valence-electron chi connectivity index (χ2n) is 12.4. The molecule has 0 fully saturated rings. The molecule has 13 heteroatoms. The molecule has 13 nitrogen and oxygen atoms in total. The van der Waals surface area contributed by atoms with Crippen molar-refractivity contribution in [2.75, 3.05) is 20.8 Å². The predicted molar refractivity (Wildman–Crippen MR) is 181 cm³/mol. The van der Waals surface area contributed by atoms with Crippen molar-refractivity contribution >= 4 is 23.6 Å². The van der Waals surface area contributed by atoms with Crippen LogP contribution < -0.4 is 16.4 Å². The fourth-order valence-corrected chi connectivity index (χ4v) is 5.83. The zero-order valence-electron chi connectivity index (χ0n) is 28.7. The summed E-state index contributed by atoms with van der Waals surface area (Å²) in [5, 5.41) is 36.4. The number of amides is 2. The number of nitrogens with one attached hydrogen (secondary N) is 2. The Hall–Kier alpha value is -4.72. The third kappa shape index (κ3) is 10.4. The van der Waals surface area contributed by atoms with Gasteiger partial charge < -0.3 is 45.9 Å². The summed E-state index contributed by atoms with van der Waals surface area (Å²) >= 11 is 0. The van der Waals surface area contributed by atoms with Crippen LogP contribution >= 0.6 is 0 Å². The minimum Gasteiger partial charge on any atom is -0.504 e. The number of ketones is 2. The van der Waals surface area contributed by atoms with E-state index >= 15 is 0 Å². The van der Waals surface area contributed by atoms with Gasteiger partial charge in [0, 0.05) is 43.9 Å². The Morgan fingerprint density at radius 3 is 2.43 bits per heavy atom. The summed E-state index contributed by atoms with van der Waals surface area (Å²) in [5.74, 6) is -2.92. The molecule has 0 aromatic heterocycles. The second-order valence-corrected chi connectivity index (χ2v) is 12.4. The number of hydrogen-bond donors (Lipinski definition) is 6. The summed E-state index contributed by atoms with van der Waals surface area (Å²) in [7, 11) is 2.89. The lowest BCUT2D eigenvalue weighted by Crippen LogP contribution is -2.38. The molecule has 1 aromatic rings. The number of allylic oxidation sites excluding steroid dienone is 4. The normalized spacial score (nSPS) is 28.8. The number of aliphatic hydroxyl groups excluding tert-OH is 1. The van der Waals surface area contributed by atoms with Crippen LogP contribution in [0.15, 0.2) is 76.7 Å². The van der Waals surface area contributed by atoms with Crippen molar-refractivity contribution in [3.63, 3.8) is 0 Å². The maximum absolute atomic E-state index is 13.9. The minimum absolute atomic E-state index is 0.0893. The number of nitrogens with two attached hydrogens (primary N) is 1. The molecule has 0 saturated heterocycles. The Kier molecular flexibility index (Phi) is 13.9. The molecule has 0 spiro atoms. The summed E-state index contributed by atoms with van der Waals surface area (Å²) in [4.78, 5) is 52.2. The molecule has 7 N–H and O–H groups in total. The van der Waals surface area contributed by atoms with Crippen LogP contribution in [-0.2, 0) is 35.0 Å². The molecule has 2 aliphatic rings. The molecule has 1 aromatic carbocycles. The van der Waals surface area contributed by atoms with Crippen LogP contribution in [0.25, 0.3) is 0 Å². The van der Waals surface area contributed by atoms with Crippen molar-refractivity contribution in [1.82, 2.24) is 10.6 Å². The van der Waals surface area contributed by atoms with Gasteiger partial charge in [-0.2, -0.15) is 0 Å². The largest absolute Gasteiger partial charge is 0.504 e. The number of fused-ring (bicyclic) bond motifs is 2. The summed E-state index contributed by atoms with van der Waals surface area (Å²) in [5.41, 5.74) is 6.91. The topological polar surface area (TPSA) is 207 Å². The maximum atomic E-state index is 13.9. The lowest BCUT2D eigenvalue weighted by atomic mass is 9.85. The van der Waals surface area contributed by atoms with Crippen molar-refractivity contribution in [2.45, 2.75) is 71.4 Å². The average molecular weight is 682 g/mol. The molecule has 2 amide bonds. The fraction of sp³-hybridized carbons (Fsp3) is 0.444. The number of phenolic OH excluding ortho intramolecular Hbond substituents is 2. The van der Waals surface area contributed by atoms with Crippen molar-refractivity contribution in [1.29, 1.82) is 0 Å². The molecule has 1 aliphatic heterocycles. The first-order valence-electron chi connectivity index (χ1n) is 16.0. The Balaban J connectivity index is 2.02. The zero-order valence-corrected chi connectivity index (χ0v) is 28.7. The molecule has 1 aliphatic carbocycles. The SMILES string of the molecule is CO[C@H]1/C=C\C=C(/C)C(=O)NC2=CC(=O)C(NCCc3ccc(O)c(O)c3)=C(C[C@@H](C)C[C@H](OC)[C@H](O)[C@@H](C)/C=C(\C)[C@@H]1OC(N)=O)C2=O. The summed E-state index contributed by atoms with van der Waals surface area (Å²) < 4.78 is 16.6. The van der Waals surface area contributed by atoms with Crippen LogP contribution in [0.3, 0.4) is 0 Å². The van der Waals surface area contributed by atoms with Gasteiger partial charge in [-0.25, -0.2) is 4.79 Å². The van der Waals surface area contributed by atoms with E-state index in [1.165, 1.54) is 45.4 Å². The van der Waals surface area contributed by atoms with Gasteiger partial charge in [0.15, 0.2) is 17.6 Å². The lowest BCUT2D eigenvalue weighted by Gasteiger charge is -2.30. The number of aromatic hydroxyl groups is 2. The number of carbonyl (C=O) groups excluding carboxylic acids is 4. The number of carbonyl (C=O) groups is 4. The molecular formula is C36H47N3O10. The Labute approximate surface area is 286 Å². The van der Waals surface area contributed by atoms with Crippen molar-refractivity contribution in [3.05, 3.63) is 82.3 Å². The van der Waals surface area contributed by atoms with Gasteiger partial charge in [0.05, 0.1) is 23.6 Å². The number of rotatable bonds is 7. The van der Waals surface area contributed by atoms with Crippen molar-refractivity contribution in [3.8, 4) is 11.5 Å². The van der Waals surface area contributed by atoms with E-state index in [0.29, 0.717) is 24.0 Å². The molecule has 2 bridgehead atoms. The highest BCUT2D eigenvalue weighted by molar-refractivity contribution is 6.23. The van der Waals surface area contributed by atoms with E-state index in [9.17, 15) is 34.5 Å². The molecule has 0 unspecified atom stereocenters. The van der Waals surface area contributed by atoms with Crippen LogP contribution in [0.4, 0.5) is 4.79 Å². The standard InChI is InChI=1S/C36H47N3O10/c1-19-14-24-31(38-13-12-23-10-11-26(40)27(41)17-23)28(42)18-25(33(24)44)39-35(45)20(2)8-7-9-29(47-5)34(49-36(37)46)22(4)16-21(3)32(43)30(15-19)48-6/h7-11,16-19,21,29-30,32,34,38,40-41,43H,12-15H2,1-6H3,(H2,37,46)(H,39,45)/b9-7-,20-8+,22-16+/t19-,21+,29+,30+,32-,34+/m1/s1. The summed E-state index contributed by atoms with van der Waals surface area (Å²) in [6.07, 6.45) is 3.75. The number of ether oxygens (including phenoxy) is 3. The number of primary amides is 1. The zero-order chi connectivity index (χ0) is 36.4. The Bertz CT molecular complexity index is 1570. The van der Waals surface area contributed by atoms with Gasteiger partial charge in [0.25, 0.3) is 5.91 Å². The van der Waals surface area contributed by atoms with E-state index < -0.39 is 53.9 Å². The predicted octanol–water partition coefficient (Wildman–Crippen LogP) is 3.01. The third-order valence-corrected chi connectivity index (χ3v) is 8.55. The van der Waals surface area contributed by atoms with E-state index in [-0.39, 0.29) is 52.9 Å². The summed E-state index contributed by atoms with van der Waals surface area (Å²) in [6.45, 7) is 7.13. The van der Waals surface area contributed by atoms with E-state index in [1.54, 1.807) is 32.1 Å². The average Bonchev–Trinajstić information content (AvgIpc) is 3.05. The smallest absolute Gasteiger partial charge is 0.405 e. The van der Waals surface area contributed by atoms with E-state index in [2.05, 4.69) is 10.6 Å². The number of benzene rings is 1. The number of phenols is 2. The monoisotopic (exact) mass is 681 g/mol. The number of hydrogen-bond acceptors (Lipinski definition) is 11. The highest BCUT2D eigenvalue weighted by atomic mass is 16.6. The Morgan fingerprint density at radius 2 is 1.80 bits per heavy atom. The number of Topliss-reactive ketones (excluding diaryl/α,β-unsaturated/α-hetero) is 1. The molecule has 49 heavy (non-hydrogen) atoms. The van der Waals surface area contributed by atoms with Crippen molar-refractivity contribution in [2.24, 2.45) is 17.6 Å². The quantitative estimate of drug-likeness (QED) is 0.140. The molecule has 1 heterocycles. The first-order chi connectivity index (χ1) is 23.2. The van der Waals surface area contributed by atoms with Crippen LogP contribution in [0, 0.1) is 11.8 Å². The highest BCUT2D eigenvalue weighted by Gasteiger charge is 2.33. The molecule has 0 radical (unpaired) electrons. The van der Waals surface area contributed by atoms with Gasteiger partial charge in [0.1, 0.15) is 6.10 Å². The lowest BCUT2D eigenvalue weighted by molar-refractivity contribution is -0.120. The maximum Gasteiger partial charge on any atom is 0.405 e. The molecule has 266 valence electrons. The molecule has 3 rings (SSSR count). The first kappa shape index (κ1) is 38.7. The van der Waals surface area contributed by atoms with Gasteiger partial charge in [0.2, 0.25) is 11.6 Å². The fourth-order valence-electron chi connectivity index (χ4n) is 5.83. The summed E-state index contributed by atoms with van der Waals surface area (Å²) in [6, 6.07) is 4.41. The first-order valence-corrected chi connectivity index (χ1v) is 16.0. The van der Waals surface area contributed by atoms with Crippen LogP contribution in [0.1, 0.15) is 46.1 Å². The highest BCUT2D eigenvalue weighted by Crippen LogP contribution is 2.29. The van der Waals surface area contributed by atoms with E-state index in [4.69, 9.17) is 19.9 Å². The third-order valence-electron chi connectivity index (χ3n) is 8.55. The van der Waals surface area contributed by atoms with Gasteiger partial charge in [-0.05, 0) is 62.3 Å². The Morgan fingerprint density at radius 1 is 1.08 bits per heavy atom. The molecule has 6 atom stereocenters.